The SMILES string of the molecule is CC(Oc1cc(-n2cnc3cc(-c4cnn(C)c4)ccc32)sc1C(N)=O)c1ccnc(OC2CCN(C(=O)O)CC2)c1. The van der Waals surface area contributed by atoms with E-state index in [1.807, 2.05) is 55.2 Å². The Morgan fingerprint density at radius 1 is 1.12 bits per heavy atom. The number of carbonyl (C=O) groups excluding carboxylic acids is 1. The van der Waals surface area contributed by atoms with Gasteiger partial charge in [0, 0.05) is 63.1 Å². The summed E-state index contributed by atoms with van der Waals surface area (Å²) in [4.78, 5) is 34.1. The molecular weight excluding hydrogens is 558 g/mol. The van der Waals surface area contributed by atoms with E-state index in [2.05, 4.69) is 15.1 Å². The lowest BCUT2D eigenvalue weighted by atomic mass is 10.1. The van der Waals surface area contributed by atoms with E-state index in [4.69, 9.17) is 20.3 Å². The third kappa shape index (κ3) is 5.50. The zero-order valence-corrected chi connectivity index (χ0v) is 23.8. The van der Waals surface area contributed by atoms with Crippen LogP contribution < -0.4 is 15.2 Å². The van der Waals surface area contributed by atoms with Gasteiger partial charge < -0.3 is 25.2 Å². The number of nitrogens with zero attached hydrogens (tertiary/aromatic N) is 6. The van der Waals surface area contributed by atoms with Crippen LogP contribution >= 0.6 is 11.3 Å². The summed E-state index contributed by atoms with van der Waals surface area (Å²) in [7, 11) is 1.88. The first-order valence-electron chi connectivity index (χ1n) is 13.4. The van der Waals surface area contributed by atoms with Crippen molar-refractivity contribution in [2.45, 2.75) is 32.0 Å². The van der Waals surface area contributed by atoms with E-state index in [1.54, 1.807) is 29.3 Å². The van der Waals surface area contributed by atoms with E-state index in [9.17, 15) is 9.59 Å². The number of aromatic nitrogens is 5. The molecule has 1 fully saturated rings. The number of rotatable bonds is 8. The highest BCUT2D eigenvalue weighted by Gasteiger charge is 2.25. The van der Waals surface area contributed by atoms with Crippen LogP contribution in [0.5, 0.6) is 11.6 Å². The number of benzene rings is 1. The first kappa shape index (κ1) is 27.3. The molecule has 1 aliphatic rings. The van der Waals surface area contributed by atoms with Crippen LogP contribution in [0.15, 0.2) is 61.3 Å². The van der Waals surface area contributed by atoms with Gasteiger partial charge in [0.1, 0.15) is 34.2 Å². The molecule has 0 spiro atoms. The smallest absolute Gasteiger partial charge is 0.407 e. The van der Waals surface area contributed by atoms with Crippen molar-refractivity contribution in [2.24, 2.45) is 12.8 Å². The second-order valence-corrected chi connectivity index (χ2v) is 11.2. The Balaban J connectivity index is 1.20. The minimum Gasteiger partial charge on any atom is -0.484 e. The average molecular weight is 588 g/mol. The fourth-order valence-corrected chi connectivity index (χ4v) is 5.94. The van der Waals surface area contributed by atoms with Gasteiger partial charge in [-0.05, 0) is 36.2 Å². The molecule has 3 N–H and O–H groups in total. The number of ether oxygens (including phenoxy) is 2. The summed E-state index contributed by atoms with van der Waals surface area (Å²) >= 11 is 1.24. The summed E-state index contributed by atoms with van der Waals surface area (Å²) < 4.78 is 16.0. The highest BCUT2D eigenvalue weighted by atomic mass is 32.1. The number of hydrogen-bond donors (Lipinski definition) is 2. The molecule has 12 nitrogen and oxygen atoms in total. The lowest BCUT2D eigenvalue weighted by Gasteiger charge is -2.30. The normalized spacial score (nSPS) is 14.7. The number of fused-ring (bicyclic) bond motifs is 1. The molecule has 1 unspecified atom stereocenters. The number of piperidine rings is 1. The molecule has 13 heteroatoms. The molecule has 0 bridgehead atoms. The largest absolute Gasteiger partial charge is 0.484 e. The molecule has 5 heterocycles. The van der Waals surface area contributed by atoms with E-state index in [1.165, 1.54) is 16.2 Å². The Morgan fingerprint density at radius 2 is 1.93 bits per heavy atom. The van der Waals surface area contributed by atoms with Gasteiger partial charge >= 0.3 is 6.09 Å². The quantitative estimate of drug-likeness (QED) is 0.266. The van der Waals surface area contributed by atoms with Crippen LogP contribution in [-0.4, -0.2) is 65.5 Å². The summed E-state index contributed by atoms with van der Waals surface area (Å²) in [5.74, 6) is 0.237. The van der Waals surface area contributed by atoms with Gasteiger partial charge in [-0.3, -0.25) is 14.0 Å². The maximum atomic E-state index is 12.4. The molecule has 1 atom stereocenters. The Kier molecular flexibility index (Phi) is 7.25. The number of nitrogens with two attached hydrogens (primary N) is 1. The van der Waals surface area contributed by atoms with Gasteiger partial charge in [-0.25, -0.2) is 14.8 Å². The molecule has 5 aromatic rings. The predicted octanol–water partition coefficient (Wildman–Crippen LogP) is 4.64. The van der Waals surface area contributed by atoms with Gasteiger partial charge in [-0.2, -0.15) is 5.10 Å². The monoisotopic (exact) mass is 587 g/mol. The van der Waals surface area contributed by atoms with Gasteiger partial charge in [0.15, 0.2) is 0 Å². The number of thiophene rings is 1. The first-order chi connectivity index (χ1) is 20.2. The molecular formula is C29H29N7O5S. The Hall–Kier alpha value is -4.91. The van der Waals surface area contributed by atoms with Gasteiger partial charge in [0.2, 0.25) is 5.88 Å². The van der Waals surface area contributed by atoms with Gasteiger partial charge in [-0.1, -0.05) is 6.07 Å². The number of hydrogen-bond acceptors (Lipinski definition) is 8. The number of carbonyl (C=O) groups is 2. The van der Waals surface area contributed by atoms with E-state index >= 15 is 0 Å². The molecule has 6 rings (SSSR count). The fraction of sp³-hybridized carbons (Fsp3) is 0.276. The zero-order valence-electron chi connectivity index (χ0n) is 23.0. The number of likely N-dealkylation sites (tertiary alicyclic amines) is 1. The first-order valence-corrected chi connectivity index (χ1v) is 14.2. The molecule has 42 heavy (non-hydrogen) atoms. The molecule has 216 valence electrons. The topological polar surface area (TPSA) is 151 Å². The van der Waals surface area contributed by atoms with Crippen molar-refractivity contribution in [3.63, 3.8) is 0 Å². The van der Waals surface area contributed by atoms with Crippen LogP contribution in [0.2, 0.25) is 0 Å². The molecule has 0 aliphatic carbocycles. The third-order valence-corrected chi connectivity index (χ3v) is 8.39. The van der Waals surface area contributed by atoms with E-state index in [0.29, 0.717) is 42.4 Å². The summed E-state index contributed by atoms with van der Waals surface area (Å²) in [5.41, 5.74) is 10.2. The van der Waals surface area contributed by atoms with E-state index in [0.717, 1.165) is 32.7 Å². The standard InChI is InChI=1S/C29H29N7O5S/c1-17(18-5-8-31-25(12-18)41-21-6-9-35(10-7-21)29(38)39)40-24-13-26(42-27(24)28(30)37)36-16-32-22-11-19(3-4-23(22)36)20-14-33-34(2)15-20/h3-5,8,11-17,21H,6-7,9-10H2,1-2H3,(H2,30,37)(H,38,39). The van der Waals surface area contributed by atoms with Gasteiger partial charge in [0.05, 0.1) is 17.2 Å². The number of amides is 2. The van der Waals surface area contributed by atoms with Crippen molar-refractivity contribution in [3.05, 3.63) is 71.8 Å². The van der Waals surface area contributed by atoms with Crippen LogP contribution in [0.25, 0.3) is 27.2 Å². The summed E-state index contributed by atoms with van der Waals surface area (Å²) in [6.45, 7) is 2.72. The highest BCUT2D eigenvalue weighted by molar-refractivity contribution is 7.16. The average Bonchev–Trinajstić information content (AvgIpc) is 3.71. The Labute approximate surface area is 244 Å². The van der Waals surface area contributed by atoms with Crippen molar-refractivity contribution in [1.29, 1.82) is 0 Å². The zero-order chi connectivity index (χ0) is 29.4. The molecule has 1 aliphatic heterocycles. The molecule has 4 aromatic heterocycles. The number of pyridine rings is 1. The molecule has 0 saturated carbocycles. The minimum atomic E-state index is -0.914. The maximum absolute atomic E-state index is 12.4. The second kappa shape index (κ2) is 11.2. The lowest BCUT2D eigenvalue weighted by Crippen LogP contribution is -2.41. The molecule has 0 radical (unpaired) electrons. The lowest BCUT2D eigenvalue weighted by molar-refractivity contribution is 0.0867. The fourth-order valence-electron chi connectivity index (χ4n) is 5.01. The summed E-state index contributed by atoms with van der Waals surface area (Å²) in [6.07, 6.45) is 6.83. The van der Waals surface area contributed by atoms with Crippen LogP contribution in [0, 0.1) is 0 Å². The number of aryl methyl sites for hydroxylation is 1. The maximum Gasteiger partial charge on any atom is 0.407 e. The minimum absolute atomic E-state index is 0.120. The van der Waals surface area contributed by atoms with Crippen molar-refractivity contribution < 1.29 is 24.2 Å². The van der Waals surface area contributed by atoms with Gasteiger partial charge in [-0.15, -0.1) is 11.3 Å². The van der Waals surface area contributed by atoms with Crippen molar-refractivity contribution in [3.8, 4) is 27.8 Å². The Morgan fingerprint density at radius 3 is 2.64 bits per heavy atom. The van der Waals surface area contributed by atoms with E-state index in [-0.39, 0.29) is 6.10 Å². The van der Waals surface area contributed by atoms with E-state index < -0.39 is 18.1 Å². The number of primary amides is 1. The van der Waals surface area contributed by atoms with Crippen molar-refractivity contribution in [2.75, 3.05) is 13.1 Å². The van der Waals surface area contributed by atoms with Crippen molar-refractivity contribution in [1.82, 2.24) is 29.2 Å². The summed E-state index contributed by atoms with van der Waals surface area (Å²) in [6, 6.07) is 11.4. The molecule has 1 saturated heterocycles. The third-order valence-electron chi connectivity index (χ3n) is 7.26. The predicted molar refractivity (Wildman–Crippen MR) is 156 cm³/mol. The van der Waals surface area contributed by atoms with Crippen LogP contribution in [0.3, 0.4) is 0 Å². The Bertz CT molecular complexity index is 1770. The second-order valence-electron chi connectivity index (χ2n) is 10.1. The number of carboxylic acid groups (broad SMARTS) is 1. The highest BCUT2D eigenvalue weighted by Crippen LogP contribution is 2.37. The van der Waals surface area contributed by atoms with Crippen LogP contribution in [-0.2, 0) is 7.05 Å². The molecule has 1 aromatic carbocycles. The number of imidazole rings is 1. The van der Waals surface area contributed by atoms with Crippen LogP contribution in [0.1, 0.15) is 41.1 Å². The molecule has 2 amide bonds. The van der Waals surface area contributed by atoms with Crippen molar-refractivity contribution >= 4 is 34.4 Å². The van der Waals surface area contributed by atoms with Gasteiger partial charge in [0.25, 0.3) is 5.91 Å². The summed E-state index contributed by atoms with van der Waals surface area (Å²) in [5, 5.41) is 14.2. The van der Waals surface area contributed by atoms with Crippen LogP contribution in [0.4, 0.5) is 4.79 Å².